The number of carboxylic acids is 1. The Morgan fingerprint density at radius 2 is 0.973 bits per heavy atom. The van der Waals surface area contributed by atoms with Crippen LogP contribution in [-0.2, 0) is 17.9 Å². The molecule has 6 aromatic carbocycles. The number of furan rings is 1. The predicted molar refractivity (Wildman–Crippen MR) is 304 cm³/mol. The number of hydrogen-bond acceptors (Lipinski definition) is 8. The minimum atomic E-state index is -1.34. The average Bonchev–Trinajstić information content (AvgIpc) is 3.92. The summed E-state index contributed by atoms with van der Waals surface area (Å²) in [5.74, 6) is 0.849. The molecular formula is C64H64N4O7. The molecule has 1 N–H and O–H groups in total. The molecule has 0 fully saturated rings. The summed E-state index contributed by atoms with van der Waals surface area (Å²) in [4.78, 5) is 44.0. The van der Waals surface area contributed by atoms with Gasteiger partial charge in [0.2, 0.25) is 0 Å². The fraction of sp³-hybridized carbons (Fsp3) is 0.281. The van der Waals surface area contributed by atoms with Crippen molar-refractivity contribution in [3.8, 4) is 40.0 Å². The molecule has 75 heavy (non-hydrogen) atoms. The van der Waals surface area contributed by atoms with E-state index >= 15 is 9.59 Å². The smallest absolute Gasteiger partial charge is 0.346 e. The number of ether oxygens (including phenoxy) is 2. The molecule has 0 amide bonds. The third kappa shape index (κ3) is 11.1. The molecule has 0 radical (unpaired) electrons. The Labute approximate surface area is 437 Å². The molecule has 0 aliphatic rings. The topological polar surface area (TPSA) is 140 Å². The van der Waals surface area contributed by atoms with Gasteiger partial charge in [-0.15, -0.1) is 0 Å². The highest BCUT2D eigenvalue weighted by Crippen LogP contribution is 2.38. The Kier molecular flexibility index (Phi) is 16.3. The van der Waals surface area contributed by atoms with Crippen molar-refractivity contribution < 1.29 is 23.8 Å². The summed E-state index contributed by atoms with van der Waals surface area (Å²) < 4.78 is 21.4. The van der Waals surface area contributed by atoms with Gasteiger partial charge in [-0.05, 0) is 139 Å². The van der Waals surface area contributed by atoms with Crippen LogP contribution in [0.25, 0.3) is 72.1 Å². The first-order chi connectivity index (χ1) is 36.6. The third-order valence-corrected chi connectivity index (χ3v) is 14.4. The minimum absolute atomic E-state index is 0.0797. The van der Waals surface area contributed by atoms with Crippen LogP contribution >= 0.6 is 0 Å². The molecule has 0 unspecified atom stereocenters. The normalized spacial score (nSPS) is 11.7. The van der Waals surface area contributed by atoms with Crippen molar-refractivity contribution in [3.05, 3.63) is 165 Å². The fourth-order valence-electron chi connectivity index (χ4n) is 10.3. The van der Waals surface area contributed by atoms with Gasteiger partial charge >= 0.3 is 5.97 Å². The number of carbonyl (C=O) groups is 1. The zero-order chi connectivity index (χ0) is 52.4. The molecule has 0 aliphatic heterocycles. The number of anilines is 3. The first-order valence-corrected chi connectivity index (χ1v) is 26.4. The van der Waals surface area contributed by atoms with Gasteiger partial charge in [0, 0.05) is 63.3 Å². The van der Waals surface area contributed by atoms with E-state index in [0.29, 0.717) is 46.0 Å². The Morgan fingerprint density at radius 3 is 1.44 bits per heavy atom. The van der Waals surface area contributed by atoms with Crippen LogP contribution in [0, 0.1) is 11.3 Å². The van der Waals surface area contributed by atoms with Crippen molar-refractivity contribution in [2.24, 2.45) is 0 Å². The second kappa shape index (κ2) is 23.7. The SMILES string of the molecule is CCCCCCCCn1c2ccc(-c3ccc(N(c4ccc(OC)cc4)c4ccc(OC)cc4)cc3)cc2c(=O)c2cc3c(cc21)c(=O)c1cc(-c2ccc(/C=C(/C#N)C(=O)O)o2)ccc1n3CCCCCCCC. The van der Waals surface area contributed by atoms with Crippen LogP contribution in [0.2, 0.25) is 0 Å². The van der Waals surface area contributed by atoms with E-state index in [0.717, 1.165) is 107 Å². The fourth-order valence-corrected chi connectivity index (χ4v) is 10.3. The second-order valence-electron chi connectivity index (χ2n) is 19.3. The number of hydrogen-bond donors (Lipinski definition) is 1. The standard InChI is InChI=1S/C64H64N4O7/c1-5-7-9-11-13-15-35-66-57-32-19-44(43-17-21-47(22-18-43)68(48-23-27-50(73-3)28-24-48)49-25-29-51(74-4)30-26-49)38-53(57)62(69)55-40-60-56(41-59(55)66)63(70)54-39-45(61-34-31-52(75-61)37-46(42-65)64(71)72)20-33-58(54)67(60)36-16-14-12-10-8-6-2/h17-34,37-41H,5-16,35-36H2,1-4H3,(H,71,72)/b46-37-. The molecule has 0 bridgehead atoms. The Balaban J connectivity index is 1.17. The summed E-state index contributed by atoms with van der Waals surface area (Å²) in [5.41, 5.74) is 7.78. The summed E-state index contributed by atoms with van der Waals surface area (Å²) >= 11 is 0. The van der Waals surface area contributed by atoms with E-state index in [1.54, 1.807) is 32.4 Å². The Hall–Kier alpha value is -8.36. The molecule has 11 heteroatoms. The number of carboxylic acid groups (broad SMARTS) is 1. The number of aryl methyl sites for hydroxylation is 2. The van der Waals surface area contributed by atoms with Crippen molar-refractivity contribution in [1.82, 2.24) is 9.13 Å². The molecule has 0 aliphatic carbocycles. The largest absolute Gasteiger partial charge is 0.497 e. The third-order valence-electron chi connectivity index (χ3n) is 14.4. The van der Waals surface area contributed by atoms with Crippen molar-refractivity contribution in [3.63, 3.8) is 0 Å². The Morgan fingerprint density at radius 1 is 0.547 bits per heavy atom. The summed E-state index contributed by atoms with van der Waals surface area (Å²) in [6, 6.07) is 45.1. The number of unbranched alkanes of at least 4 members (excludes halogenated alkanes) is 10. The van der Waals surface area contributed by atoms with Gasteiger partial charge in [0.15, 0.2) is 10.9 Å². The predicted octanol–water partition coefficient (Wildman–Crippen LogP) is 15.7. The van der Waals surface area contributed by atoms with Crippen LogP contribution in [0.1, 0.15) is 96.7 Å². The van der Waals surface area contributed by atoms with Crippen LogP contribution in [0.3, 0.4) is 0 Å². The van der Waals surface area contributed by atoms with Crippen LogP contribution < -0.4 is 25.2 Å². The van der Waals surface area contributed by atoms with Gasteiger partial charge in [-0.1, -0.05) is 96.3 Å². The molecule has 0 saturated carbocycles. The quantitative estimate of drug-likeness (QED) is 0.0287. The summed E-state index contributed by atoms with van der Waals surface area (Å²) in [5, 5.41) is 21.0. The molecule has 0 spiro atoms. The van der Waals surface area contributed by atoms with Crippen molar-refractivity contribution >= 4 is 72.7 Å². The molecule has 0 atom stereocenters. The molecule has 3 aromatic heterocycles. The number of methoxy groups -OCH3 is 2. The first kappa shape index (κ1) is 51.5. The maximum Gasteiger partial charge on any atom is 0.346 e. The number of aromatic nitrogens is 2. The molecule has 0 saturated heterocycles. The second-order valence-corrected chi connectivity index (χ2v) is 19.3. The first-order valence-electron chi connectivity index (χ1n) is 26.4. The lowest BCUT2D eigenvalue weighted by Gasteiger charge is -2.26. The number of fused-ring (bicyclic) bond motifs is 4. The van der Waals surface area contributed by atoms with Gasteiger partial charge in [0.25, 0.3) is 0 Å². The van der Waals surface area contributed by atoms with Crippen LogP contribution in [0.4, 0.5) is 17.1 Å². The van der Waals surface area contributed by atoms with Gasteiger partial charge in [-0.3, -0.25) is 9.59 Å². The number of aliphatic carboxylic acids is 1. The highest BCUT2D eigenvalue weighted by molar-refractivity contribution is 6.05. The van der Waals surface area contributed by atoms with E-state index in [1.807, 2.05) is 84.9 Å². The summed E-state index contributed by atoms with van der Waals surface area (Å²) in [6.07, 6.45) is 14.4. The number of nitrogens with zero attached hydrogens (tertiary/aromatic N) is 4. The van der Waals surface area contributed by atoms with Gasteiger partial charge in [0.05, 0.1) is 36.3 Å². The molecule has 3 heterocycles. The van der Waals surface area contributed by atoms with E-state index in [-0.39, 0.29) is 16.6 Å². The van der Waals surface area contributed by atoms with E-state index in [9.17, 15) is 15.2 Å². The van der Waals surface area contributed by atoms with Crippen molar-refractivity contribution in [2.45, 2.75) is 104 Å². The average molecular weight is 1000 g/mol. The van der Waals surface area contributed by atoms with E-state index in [4.69, 9.17) is 13.9 Å². The lowest BCUT2D eigenvalue weighted by Crippen LogP contribution is -2.16. The molecular weight excluding hydrogens is 937 g/mol. The number of rotatable bonds is 23. The molecule has 9 rings (SSSR count). The van der Waals surface area contributed by atoms with Crippen LogP contribution in [0.5, 0.6) is 11.5 Å². The lowest BCUT2D eigenvalue weighted by molar-refractivity contribution is -0.132. The minimum Gasteiger partial charge on any atom is -0.497 e. The van der Waals surface area contributed by atoms with E-state index in [2.05, 4.69) is 64.3 Å². The maximum atomic E-state index is 15.2. The number of benzene rings is 6. The number of nitriles is 1. The van der Waals surface area contributed by atoms with Gasteiger partial charge < -0.3 is 33.0 Å². The van der Waals surface area contributed by atoms with Crippen LogP contribution in [0.15, 0.2) is 153 Å². The highest BCUT2D eigenvalue weighted by Gasteiger charge is 2.20. The number of pyridine rings is 2. The van der Waals surface area contributed by atoms with E-state index in [1.165, 1.54) is 38.2 Å². The van der Waals surface area contributed by atoms with Gasteiger partial charge in [-0.2, -0.15) is 5.26 Å². The monoisotopic (exact) mass is 1000 g/mol. The highest BCUT2D eigenvalue weighted by atomic mass is 16.5. The molecule has 9 aromatic rings. The lowest BCUT2D eigenvalue weighted by atomic mass is 9.99. The van der Waals surface area contributed by atoms with Crippen molar-refractivity contribution in [2.75, 3.05) is 19.1 Å². The van der Waals surface area contributed by atoms with Gasteiger partial charge in [-0.25, -0.2) is 4.79 Å². The van der Waals surface area contributed by atoms with Gasteiger partial charge in [0.1, 0.15) is 34.7 Å². The summed E-state index contributed by atoms with van der Waals surface area (Å²) in [7, 11) is 3.32. The van der Waals surface area contributed by atoms with Crippen LogP contribution in [-0.4, -0.2) is 34.4 Å². The molecule has 382 valence electrons. The maximum absolute atomic E-state index is 15.2. The molecule has 11 nitrogen and oxygen atoms in total. The van der Waals surface area contributed by atoms with E-state index < -0.39 is 11.5 Å². The Bertz CT molecular complexity index is 3640. The van der Waals surface area contributed by atoms with Crippen molar-refractivity contribution in [1.29, 1.82) is 5.26 Å². The zero-order valence-electron chi connectivity index (χ0n) is 43.4. The zero-order valence-corrected chi connectivity index (χ0v) is 43.4. The summed E-state index contributed by atoms with van der Waals surface area (Å²) in [6.45, 7) is 5.77.